The lowest BCUT2D eigenvalue weighted by Crippen LogP contribution is -2.11. The second-order valence-electron chi connectivity index (χ2n) is 6.64. The predicted molar refractivity (Wildman–Crippen MR) is 126 cm³/mol. The van der Waals surface area contributed by atoms with Gasteiger partial charge in [0.05, 0.1) is 12.8 Å². The topological polar surface area (TPSA) is 50.4 Å². The zero-order chi connectivity index (χ0) is 19.5. The van der Waals surface area contributed by atoms with Crippen LogP contribution < -0.4 is 10.6 Å². The molecule has 162 valence electrons. The number of carbonyl (C=O) groups is 1. The molecule has 0 spiro atoms. The van der Waals surface area contributed by atoms with Crippen LogP contribution in [0.1, 0.15) is 48.0 Å². The quantitative estimate of drug-likeness (QED) is 0.580. The van der Waals surface area contributed by atoms with E-state index in [-0.39, 0.29) is 14.9 Å². The minimum Gasteiger partial charge on any atom is -0.453 e. The van der Waals surface area contributed by atoms with Gasteiger partial charge in [-0.2, -0.15) is 0 Å². The maximum absolute atomic E-state index is 11.2. The van der Waals surface area contributed by atoms with E-state index >= 15 is 0 Å². The highest BCUT2D eigenvalue weighted by molar-refractivity contribution is 5.91. The summed E-state index contributed by atoms with van der Waals surface area (Å²) in [5.74, 6) is 2.13. The Balaban J connectivity index is 0.000000550. The lowest BCUT2D eigenvalue weighted by Gasteiger charge is -2.10. The molecule has 4 heteroatoms. The third-order valence-corrected chi connectivity index (χ3v) is 5.06. The first kappa shape index (κ1) is 26.7. The second kappa shape index (κ2) is 14.6. The second-order valence-corrected chi connectivity index (χ2v) is 6.64. The summed E-state index contributed by atoms with van der Waals surface area (Å²) in [5, 5.41) is 6.12. The fourth-order valence-corrected chi connectivity index (χ4v) is 3.73. The number of amides is 1. The standard InChI is InChI=1S/C14H13NO2.C7H13N.C2H6.2CH4/c1-17-14(16)15-13-10-6-5-9-12(13)11-7-3-2-4-8-11;1-2-6-4-8-5-7(6)3-1;1-2;;/h2-10H,1H3,(H,15,16);6-8H,1-5H2;1-2H3;2*1H4. The van der Waals surface area contributed by atoms with Crippen LogP contribution in [-0.2, 0) is 4.74 Å². The molecule has 4 nitrogen and oxygen atoms in total. The maximum Gasteiger partial charge on any atom is 0.411 e. The average molecular weight is 401 g/mol. The van der Waals surface area contributed by atoms with Crippen molar-refractivity contribution >= 4 is 11.8 Å². The third kappa shape index (κ3) is 7.90. The van der Waals surface area contributed by atoms with Crippen molar-refractivity contribution in [2.24, 2.45) is 11.8 Å². The van der Waals surface area contributed by atoms with E-state index in [1.807, 2.05) is 68.4 Å². The minimum absolute atomic E-state index is 0. The lowest BCUT2D eigenvalue weighted by atomic mass is 10.0. The van der Waals surface area contributed by atoms with Crippen molar-refractivity contribution < 1.29 is 9.53 Å². The molecule has 2 fully saturated rings. The summed E-state index contributed by atoms with van der Waals surface area (Å²) in [4.78, 5) is 11.2. The molecule has 1 aliphatic heterocycles. The molecule has 1 saturated heterocycles. The van der Waals surface area contributed by atoms with E-state index in [0.717, 1.165) is 28.7 Å². The Morgan fingerprint density at radius 1 is 0.931 bits per heavy atom. The van der Waals surface area contributed by atoms with Crippen molar-refractivity contribution in [1.82, 2.24) is 5.32 Å². The molecule has 2 aromatic carbocycles. The van der Waals surface area contributed by atoms with E-state index in [2.05, 4.69) is 15.4 Å². The molecule has 2 atom stereocenters. The molecule has 29 heavy (non-hydrogen) atoms. The molecule has 1 amide bonds. The first-order valence-electron chi connectivity index (χ1n) is 9.98. The highest BCUT2D eigenvalue weighted by Gasteiger charge is 2.30. The van der Waals surface area contributed by atoms with Crippen molar-refractivity contribution in [3.63, 3.8) is 0 Å². The van der Waals surface area contributed by atoms with Crippen LogP contribution in [0.4, 0.5) is 10.5 Å². The van der Waals surface area contributed by atoms with Gasteiger partial charge in [-0.1, -0.05) is 83.7 Å². The van der Waals surface area contributed by atoms with Gasteiger partial charge in [0.15, 0.2) is 0 Å². The summed E-state index contributed by atoms with van der Waals surface area (Å²) in [5.41, 5.74) is 2.77. The largest absolute Gasteiger partial charge is 0.453 e. The molecule has 1 heterocycles. The van der Waals surface area contributed by atoms with Gasteiger partial charge >= 0.3 is 6.09 Å². The Labute approximate surface area is 178 Å². The SMILES string of the molecule is C.C.C1CC2CNCC2C1.CC.COC(=O)Nc1ccccc1-c1ccccc1. The summed E-state index contributed by atoms with van der Waals surface area (Å²) in [6.45, 7) is 6.62. The van der Waals surface area contributed by atoms with Crippen LogP contribution in [0.3, 0.4) is 0 Å². The molecule has 2 unspecified atom stereocenters. The first-order valence-corrected chi connectivity index (χ1v) is 9.98. The summed E-state index contributed by atoms with van der Waals surface area (Å²) in [6, 6.07) is 17.5. The summed E-state index contributed by atoms with van der Waals surface area (Å²) >= 11 is 0. The molecule has 0 aromatic heterocycles. The smallest absolute Gasteiger partial charge is 0.411 e. The number of carbonyl (C=O) groups excluding carboxylic acids is 1. The number of fused-ring (bicyclic) bond motifs is 1. The molecular weight excluding hydrogens is 360 g/mol. The lowest BCUT2D eigenvalue weighted by molar-refractivity contribution is 0.187. The normalized spacial score (nSPS) is 18.3. The number of anilines is 1. The van der Waals surface area contributed by atoms with E-state index in [9.17, 15) is 4.79 Å². The van der Waals surface area contributed by atoms with Crippen LogP contribution in [0.25, 0.3) is 11.1 Å². The zero-order valence-electron chi connectivity index (χ0n) is 16.7. The molecule has 1 saturated carbocycles. The first-order chi connectivity index (χ1) is 13.3. The molecule has 2 aromatic rings. The Hall–Kier alpha value is -2.33. The van der Waals surface area contributed by atoms with E-state index in [1.54, 1.807) is 0 Å². The van der Waals surface area contributed by atoms with Gasteiger partial charge in [0.1, 0.15) is 0 Å². The van der Waals surface area contributed by atoms with Gasteiger partial charge in [0.25, 0.3) is 0 Å². The van der Waals surface area contributed by atoms with Gasteiger partial charge in [0, 0.05) is 5.56 Å². The van der Waals surface area contributed by atoms with E-state index < -0.39 is 6.09 Å². The zero-order valence-corrected chi connectivity index (χ0v) is 16.7. The van der Waals surface area contributed by atoms with Crippen LogP contribution >= 0.6 is 0 Å². The number of benzene rings is 2. The van der Waals surface area contributed by atoms with Crippen LogP contribution in [0.15, 0.2) is 54.6 Å². The maximum atomic E-state index is 11.2. The number of methoxy groups -OCH3 is 1. The number of hydrogen-bond acceptors (Lipinski definition) is 3. The number of rotatable bonds is 2. The van der Waals surface area contributed by atoms with E-state index in [0.29, 0.717) is 0 Å². The van der Waals surface area contributed by atoms with E-state index in [1.165, 1.54) is 39.5 Å². The number of nitrogens with one attached hydrogen (secondary N) is 2. The molecule has 2 aliphatic rings. The number of ether oxygens (including phenoxy) is 1. The molecule has 4 rings (SSSR count). The van der Waals surface area contributed by atoms with Gasteiger partial charge in [0.2, 0.25) is 0 Å². The monoisotopic (exact) mass is 400 g/mol. The molecule has 1 aliphatic carbocycles. The molecule has 2 N–H and O–H groups in total. The van der Waals surface area contributed by atoms with E-state index in [4.69, 9.17) is 0 Å². The fourth-order valence-electron chi connectivity index (χ4n) is 3.73. The summed E-state index contributed by atoms with van der Waals surface area (Å²) in [7, 11) is 1.35. The Morgan fingerprint density at radius 3 is 2.07 bits per heavy atom. The fraction of sp³-hybridized carbons (Fsp3) is 0.480. The molecular formula is C25H40N2O2. The van der Waals surface area contributed by atoms with Gasteiger partial charge < -0.3 is 10.1 Å². The molecule has 0 radical (unpaired) electrons. The highest BCUT2D eigenvalue weighted by atomic mass is 16.5. The van der Waals surface area contributed by atoms with Crippen molar-refractivity contribution in [2.45, 2.75) is 48.0 Å². The Kier molecular flexibility index (Phi) is 13.5. The number of hydrogen-bond donors (Lipinski definition) is 2. The van der Waals surface area contributed by atoms with Gasteiger partial charge in [-0.3, -0.25) is 5.32 Å². The van der Waals surface area contributed by atoms with Crippen LogP contribution in [0.2, 0.25) is 0 Å². The average Bonchev–Trinajstić information content (AvgIpc) is 3.36. The number of para-hydroxylation sites is 1. The van der Waals surface area contributed by atoms with Gasteiger partial charge in [-0.05, 0) is 49.4 Å². The van der Waals surface area contributed by atoms with Gasteiger partial charge in [-0.25, -0.2) is 4.79 Å². The van der Waals surface area contributed by atoms with Gasteiger partial charge in [-0.15, -0.1) is 0 Å². The van der Waals surface area contributed by atoms with Crippen molar-refractivity contribution in [3.05, 3.63) is 54.6 Å². The minimum atomic E-state index is -0.464. The summed E-state index contributed by atoms with van der Waals surface area (Å²) in [6.07, 6.45) is 4.03. The Morgan fingerprint density at radius 2 is 1.48 bits per heavy atom. The van der Waals surface area contributed by atoms with Crippen LogP contribution in [0.5, 0.6) is 0 Å². The van der Waals surface area contributed by atoms with Crippen molar-refractivity contribution in [2.75, 3.05) is 25.5 Å². The predicted octanol–water partition coefficient (Wildman–Crippen LogP) is 6.84. The summed E-state index contributed by atoms with van der Waals surface area (Å²) < 4.78 is 4.59. The van der Waals surface area contributed by atoms with Crippen molar-refractivity contribution in [1.29, 1.82) is 0 Å². The van der Waals surface area contributed by atoms with Crippen molar-refractivity contribution in [3.8, 4) is 11.1 Å². The van der Waals surface area contributed by atoms with Crippen LogP contribution in [0, 0.1) is 11.8 Å². The highest BCUT2D eigenvalue weighted by Crippen LogP contribution is 2.33. The van der Waals surface area contributed by atoms with Crippen LogP contribution in [-0.4, -0.2) is 26.3 Å². The third-order valence-electron chi connectivity index (χ3n) is 5.06. The Bertz CT molecular complexity index is 668. The molecule has 0 bridgehead atoms.